The summed E-state index contributed by atoms with van der Waals surface area (Å²) in [6, 6.07) is 24.0. The number of para-hydroxylation sites is 2. The van der Waals surface area contributed by atoms with Crippen LogP contribution in [0, 0.1) is 5.82 Å². The Balaban J connectivity index is 1.85. The molecule has 5 heteroatoms. The molecule has 0 heterocycles. The number of hydrogen-bond donors (Lipinski definition) is 1. The van der Waals surface area contributed by atoms with Crippen molar-refractivity contribution in [2.75, 3.05) is 10.2 Å². The molecule has 0 aliphatic rings. The molecule has 0 aromatic heterocycles. The van der Waals surface area contributed by atoms with E-state index < -0.39 is 17.6 Å². The molecule has 0 bridgehead atoms. The van der Waals surface area contributed by atoms with Crippen LogP contribution < -0.4 is 10.2 Å². The van der Waals surface area contributed by atoms with Crippen LogP contribution in [0.4, 0.5) is 15.8 Å². The number of nitrogens with zero attached hydrogens (tertiary/aromatic N) is 1. The number of halogens is 1. The summed E-state index contributed by atoms with van der Waals surface area (Å²) in [5, 5.41) is 2.34. The normalized spacial score (nSPS) is 10.2. The van der Waals surface area contributed by atoms with Crippen LogP contribution in [0.1, 0.15) is 5.56 Å². The molecular weight excluding hydrogens is 331 g/mol. The number of nitrogens with one attached hydrogen (secondary N) is 1. The number of benzene rings is 3. The van der Waals surface area contributed by atoms with Gasteiger partial charge in [-0.05, 0) is 29.8 Å². The van der Waals surface area contributed by atoms with E-state index in [1.807, 2.05) is 36.4 Å². The topological polar surface area (TPSA) is 49.4 Å². The number of carbonyl (C=O) groups excluding carboxylic acids is 2. The van der Waals surface area contributed by atoms with E-state index in [0.29, 0.717) is 5.69 Å². The highest BCUT2D eigenvalue weighted by Gasteiger charge is 2.24. The molecule has 26 heavy (non-hydrogen) atoms. The Hall–Kier alpha value is -3.47. The summed E-state index contributed by atoms with van der Waals surface area (Å²) in [6.45, 7) is 0.231. The lowest BCUT2D eigenvalue weighted by molar-refractivity contribution is -0.134. The first-order valence-electron chi connectivity index (χ1n) is 8.11. The lowest BCUT2D eigenvalue weighted by atomic mass is 10.2. The monoisotopic (exact) mass is 348 g/mol. The first-order chi connectivity index (χ1) is 12.6. The van der Waals surface area contributed by atoms with Gasteiger partial charge in [0.05, 0.1) is 12.2 Å². The fourth-order valence-electron chi connectivity index (χ4n) is 2.52. The average molecular weight is 348 g/mol. The van der Waals surface area contributed by atoms with Crippen molar-refractivity contribution in [3.8, 4) is 0 Å². The minimum atomic E-state index is -0.894. The molecule has 0 aliphatic carbocycles. The maximum atomic E-state index is 13.7. The third-order valence-electron chi connectivity index (χ3n) is 3.81. The van der Waals surface area contributed by atoms with Gasteiger partial charge in [-0.15, -0.1) is 0 Å². The molecule has 0 aliphatic heterocycles. The van der Waals surface area contributed by atoms with Gasteiger partial charge in [0.15, 0.2) is 0 Å². The van der Waals surface area contributed by atoms with Gasteiger partial charge in [0.25, 0.3) is 0 Å². The van der Waals surface area contributed by atoms with Gasteiger partial charge in [-0.2, -0.15) is 0 Å². The Kier molecular flexibility index (Phi) is 5.39. The Morgan fingerprint density at radius 2 is 1.38 bits per heavy atom. The van der Waals surface area contributed by atoms with Crippen LogP contribution in [0.25, 0.3) is 0 Å². The van der Waals surface area contributed by atoms with Crippen LogP contribution in [0.5, 0.6) is 0 Å². The van der Waals surface area contributed by atoms with Crippen LogP contribution in [-0.2, 0) is 16.1 Å². The van der Waals surface area contributed by atoms with Gasteiger partial charge in [0.1, 0.15) is 5.82 Å². The smallest absolute Gasteiger partial charge is 0.315 e. The molecule has 0 atom stereocenters. The van der Waals surface area contributed by atoms with Gasteiger partial charge in [-0.1, -0.05) is 60.7 Å². The molecule has 4 nitrogen and oxygen atoms in total. The first-order valence-corrected chi connectivity index (χ1v) is 8.11. The quantitative estimate of drug-likeness (QED) is 0.725. The van der Waals surface area contributed by atoms with E-state index in [1.165, 1.54) is 23.1 Å². The van der Waals surface area contributed by atoms with Crippen LogP contribution in [0.15, 0.2) is 84.9 Å². The Bertz CT molecular complexity index is 898. The molecular formula is C21H17FN2O2. The highest BCUT2D eigenvalue weighted by Crippen LogP contribution is 2.18. The minimum absolute atomic E-state index is 0.0291. The number of hydrogen-bond acceptors (Lipinski definition) is 2. The molecule has 0 saturated heterocycles. The lowest BCUT2D eigenvalue weighted by Crippen LogP contribution is -2.39. The number of carbonyl (C=O) groups is 2. The first kappa shape index (κ1) is 17.4. The number of anilines is 2. The summed E-state index contributed by atoms with van der Waals surface area (Å²) in [7, 11) is 0. The number of rotatable bonds is 4. The van der Waals surface area contributed by atoms with E-state index in [-0.39, 0.29) is 12.2 Å². The van der Waals surface area contributed by atoms with Crippen LogP contribution in [0.2, 0.25) is 0 Å². The third-order valence-corrected chi connectivity index (χ3v) is 3.81. The maximum absolute atomic E-state index is 13.7. The van der Waals surface area contributed by atoms with E-state index in [9.17, 15) is 14.0 Å². The van der Waals surface area contributed by atoms with Gasteiger partial charge in [-0.25, -0.2) is 4.39 Å². The van der Waals surface area contributed by atoms with Crippen LogP contribution >= 0.6 is 0 Å². The molecule has 1 N–H and O–H groups in total. The van der Waals surface area contributed by atoms with Crippen molar-refractivity contribution < 1.29 is 14.0 Å². The van der Waals surface area contributed by atoms with Crippen molar-refractivity contribution >= 4 is 23.2 Å². The van der Waals surface area contributed by atoms with Gasteiger partial charge >= 0.3 is 11.8 Å². The van der Waals surface area contributed by atoms with Crippen molar-refractivity contribution in [3.63, 3.8) is 0 Å². The highest BCUT2D eigenvalue weighted by molar-refractivity contribution is 6.44. The SMILES string of the molecule is O=C(Nc1ccccc1F)C(=O)N(Cc1ccccc1)c1ccccc1. The second-order valence-corrected chi connectivity index (χ2v) is 5.65. The Morgan fingerprint density at radius 3 is 2.04 bits per heavy atom. The average Bonchev–Trinajstić information content (AvgIpc) is 2.69. The number of amides is 2. The zero-order valence-electron chi connectivity index (χ0n) is 13.9. The second kappa shape index (κ2) is 8.07. The van der Waals surface area contributed by atoms with Crippen LogP contribution in [-0.4, -0.2) is 11.8 Å². The largest absolute Gasteiger partial charge is 0.316 e. The zero-order chi connectivity index (χ0) is 18.4. The Morgan fingerprint density at radius 1 is 0.808 bits per heavy atom. The molecule has 0 saturated carbocycles. The summed E-state index contributed by atoms with van der Waals surface area (Å²) < 4.78 is 13.7. The van der Waals surface area contributed by atoms with E-state index in [2.05, 4.69) is 5.32 Å². The van der Waals surface area contributed by atoms with E-state index in [0.717, 1.165) is 5.56 Å². The van der Waals surface area contributed by atoms with E-state index in [4.69, 9.17) is 0 Å². The van der Waals surface area contributed by atoms with Gasteiger partial charge in [-0.3, -0.25) is 14.5 Å². The molecule has 3 aromatic rings. The highest BCUT2D eigenvalue weighted by atomic mass is 19.1. The molecule has 0 radical (unpaired) electrons. The predicted molar refractivity (Wildman–Crippen MR) is 99.1 cm³/mol. The Labute approximate surface area is 150 Å². The summed E-state index contributed by atoms with van der Waals surface area (Å²) in [5.41, 5.74) is 1.44. The van der Waals surface area contributed by atoms with Crippen molar-refractivity contribution in [3.05, 3.63) is 96.3 Å². The molecule has 130 valence electrons. The van der Waals surface area contributed by atoms with Crippen molar-refractivity contribution in [2.24, 2.45) is 0 Å². The van der Waals surface area contributed by atoms with E-state index >= 15 is 0 Å². The van der Waals surface area contributed by atoms with Gasteiger partial charge in [0.2, 0.25) is 0 Å². The fourth-order valence-corrected chi connectivity index (χ4v) is 2.52. The predicted octanol–water partition coefficient (Wildman–Crippen LogP) is 4.00. The van der Waals surface area contributed by atoms with Crippen molar-refractivity contribution in [1.29, 1.82) is 0 Å². The second-order valence-electron chi connectivity index (χ2n) is 5.65. The molecule has 3 rings (SSSR count). The standard InChI is InChI=1S/C21H17FN2O2/c22-18-13-7-8-14-19(18)23-20(25)21(26)24(17-11-5-2-6-12-17)15-16-9-3-1-4-10-16/h1-14H,15H2,(H,23,25). The molecule has 3 aromatic carbocycles. The summed E-state index contributed by atoms with van der Waals surface area (Å²) >= 11 is 0. The van der Waals surface area contributed by atoms with Crippen LogP contribution in [0.3, 0.4) is 0 Å². The summed E-state index contributed by atoms with van der Waals surface area (Å²) in [4.78, 5) is 26.5. The van der Waals surface area contributed by atoms with E-state index in [1.54, 1.807) is 30.3 Å². The summed E-state index contributed by atoms with van der Waals surface area (Å²) in [5.74, 6) is -2.25. The molecule has 2 amide bonds. The minimum Gasteiger partial charge on any atom is -0.315 e. The lowest BCUT2D eigenvalue weighted by Gasteiger charge is -2.22. The summed E-state index contributed by atoms with van der Waals surface area (Å²) in [6.07, 6.45) is 0. The molecule has 0 fully saturated rings. The van der Waals surface area contributed by atoms with Gasteiger partial charge < -0.3 is 5.32 Å². The third kappa shape index (κ3) is 4.13. The zero-order valence-corrected chi connectivity index (χ0v) is 13.9. The molecule has 0 unspecified atom stereocenters. The van der Waals surface area contributed by atoms with Crippen molar-refractivity contribution in [1.82, 2.24) is 0 Å². The maximum Gasteiger partial charge on any atom is 0.316 e. The molecule has 0 spiro atoms. The fraction of sp³-hybridized carbons (Fsp3) is 0.0476. The van der Waals surface area contributed by atoms with Crippen molar-refractivity contribution in [2.45, 2.75) is 6.54 Å². The van der Waals surface area contributed by atoms with Gasteiger partial charge in [0, 0.05) is 5.69 Å².